The van der Waals surface area contributed by atoms with Gasteiger partial charge in [0, 0.05) is 25.4 Å². The Kier molecular flexibility index (Phi) is 2.70. The summed E-state index contributed by atoms with van der Waals surface area (Å²) in [5.74, 6) is 0. The first-order valence-electron chi connectivity index (χ1n) is 7.82. The van der Waals surface area contributed by atoms with Crippen molar-refractivity contribution in [2.24, 2.45) is 0 Å². The molecule has 4 heteroatoms. The van der Waals surface area contributed by atoms with Gasteiger partial charge in [0.15, 0.2) is 5.69 Å². The number of aromatic amines is 1. The zero-order chi connectivity index (χ0) is 16.0. The second kappa shape index (κ2) is 4.97. The molecule has 3 aromatic rings. The van der Waals surface area contributed by atoms with E-state index in [9.17, 15) is 0 Å². The van der Waals surface area contributed by atoms with Crippen molar-refractivity contribution in [3.8, 4) is 11.3 Å². The quantitative estimate of drug-likeness (QED) is 0.692. The Bertz CT molecular complexity index is 952. The summed E-state index contributed by atoms with van der Waals surface area (Å²) in [5, 5.41) is 8.31. The number of H-pyrrole nitrogens is 1. The average Bonchev–Trinajstić information content (AvgIpc) is 2.95. The summed E-state index contributed by atoms with van der Waals surface area (Å²) in [6, 6.07) is 10.2. The van der Waals surface area contributed by atoms with Gasteiger partial charge >= 0.3 is 0 Å². The van der Waals surface area contributed by atoms with Crippen LogP contribution in [0.1, 0.15) is 12.5 Å². The Morgan fingerprint density at radius 2 is 2.23 bits per heavy atom. The van der Waals surface area contributed by atoms with E-state index in [1.807, 2.05) is 0 Å². The zero-order valence-corrected chi connectivity index (χ0v) is 12.3. The van der Waals surface area contributed by atoms with Gasteiger partial charge in [-0.2, -0.15) is 5.10 Å². The highest BCUT2D eigenvalue weighted by atomic mass is 15.1. The third-order valence-corrected chi connectivity index (χ3v) is 4.28. The van der Waals surface area contributed by atoms with Gasteiger partial charge in [0.05, 0.1) is 17.8 Å². The van der Waals surface area contributed by atoms with Crippen LogP contribution in [0.25, 0.3) is 27.0 Å². The van der Waals surface area contributed by atoms with Crippen molar-refractivity contribution in [2.75, 3.05) is 13.6 Å². The summed E-state index contributed by atoms with van der Waals surface area (Å²) < 4.78 is 7.97. The summed E-state index contributed by atoms with van der Waals surface area (Å²) in [4.78, 5) is 5.70. The van der Waals surface area contributed by atoms with Gasteiger partial charge < -0.3 is 4.90 Å². The van der Waals surface area contributed by atoms with E-state index in [1.165, 1.54) is 11.1 Å². The van der Waals surface area contributed by atoms with Crippen LogP contribution in [0.3, 0.4) is 0 Å². The van der Waals surface area contributed by atoms with Crippen LogP contribution in [0.5, 0.6) is 0 Å². The fourth-order valence-electron chi connectivity index (χ4n) is 3.07. The van der Waals surface area contributed by atoms with Crippen LogP contribution in [0, 0.1) is 6.57 Å². The SMILES string of the molecule is [2H]c1cc2c(-c3ccc4c(c3)CN(C)CC4)n[nH]c2cc1[N+]#[C-]. The van der Waals surface area contributed by atoms with Crippen LogP contribution in [0.15, 0.2) is 36.4 Å². The first kappa shape index (κ1) is 12.0. The van der Waals surface area contributed by atoms with E-state index in [4.69, 9.17) is 7.94 Å². The summed E-state index contributed by atoms with van der Waals surface area (Å²) in [6.07, 6.45) is 1.08. The van der Waals surface area contributed by atoms with Crippen molar-refractivity contribution >= 4 is 16.6 Å². The summed E-state index contributed by atoms with van der Waals surface area (Å²) in [6.45, 7) is 9.17. The van der Waals surface area contributed by atoms with Crippen LogP contribution in [0.4, 0.5) is 5.69 Å². The molecule has 4 nitrogen and oxygen atoms in total. The second-order valence-corrected chi connectivity index (χ2v) is 5.80. The van der Waals surface area contributed by atoms with Gasteiger partial charge in [-0.25, -0.2) is 4.85 Å². The van der Waals surface area contributed by atoms with Crippen molar-refractivity contribution in [3.63, 3.8) is 0 Å². The molecule has 1 N–H and O–H groups in total. The molecule has 1 aliphatic rings. The maximum absolute atomic E-state index is 7.97. The Hall–Kier alpha value is -2.64. The summed E-state index contributed by atoms with van der Waals surface area (Å²) in [7, 11) is 2.14. The fraction of sp³-hybridized carbons (Fsp3) is 0.222. The minimum atomic E-state index is 0.243. The molecule has 0 spiro atoms. The highest BCUT2D eigenvalue weighted by molar-refractivity contribution is 5.94. The smallest absolute Gasteiger partial charge is 0.189 e. The van der Waals surface area contributed by atoms with E-state index in [1.54, 1.807) is 12.1 Å². The molecule has 0 aliphatic carbocycles. The van der Waals surface area contributed by atoms with Gasteiger partial charge in [0.1, 0.15) is 0 Å². The number of hydrogen-bond acceptors (Lipinski definition) is 2. The number of rotatable bonds is 1. The van der Waals surface area contributed by atoms with E-state index in [0.717, 1.165) is 41.7 Å². The zero-order valence-electron chi connectivity index (χ0n) is 13.3. The lowest BCUT2D eigenvalue weighted by Crippen LogP contribution is -2.26. The molecule has 0 amide bonds. The topological polar surface area (TPSA) is 36.3 Å². The number of likely N-dealkylation sites (N-methyl/N-ethyl adjacent to an activating group) is 1. The number of fused-ring (bicyclic) bond motifs is 2. The van der Waals surface area contributed by atoms with Crippen molar-refractivity contribution in [1.29, 1.82) is 0 Å². The summed E-state index contributed by atoms with van der Waals surface area (Å²) >= 11 is 0. The highest BCUT2D eigenvalue weighted by Crippen LogP contribution is 2.31. The maximum atomic E-state index is 7.97. The number of benzene rings is 2. The van der Waals surface area contributed by atoms with Crippen molar-refractivity contribution in [2.45, 2.75) is 13.0 Å². The molecule has 2 aromatic carbocycles. The van der Waals surface area contributed by atoms with E-state index in [2.05, 4.69) is 45.2 Å². The molecule has 0 saturated heterocycles. The summed E-state index contributed by atoms with van der Waals surface area (Å²) in [5.41, 5.74) is 5.80. The Labute approximate surface area is 130 Å². The monoisotopic (exact) mass is 289 g/mol. The van der Waals surface area contributed by atoms with Gasteiger partial charge in [-0.3, -0.25) is 5.10 Å². The van der Waals surface area contributed by atoms with Gasteiger partial charge in [-0.1, -0.05) is 24.2 Å². The Balaban J connectivity index is 1.85. The second-order valence-electron chi connectivity index (χ2n) is 5.80. The molecule has 2 heterocycles. The molecule has 0 unspecified atom stereocenters. The molecule has 0 bridgehead atoms. The lowest BCUT2D eigenvalue weighted by Gasteiger charge is -2.25. The fourth-order valence-corrected chi connectivity index (χ4v) is 3.07. The lowest BCUT2D eigenvalue weighted by atomic mass is 9.96. The first-order chi connectivity index (χ1) is 11.2. The minimum absolute atomic E-state index is 0.243. The van der Waals surface area contributed by atoms with E-state index in [-0.39, 0.29) is 6.04 Å². The predicted molar refractivity (Wildman–Crippen MR) is 87.8 cm³/mol. The molecule has 4 rings (SSSR count). The highest BCUT2D eigenvalue weighted by Gasteiger charge is 2.15. The predicted octanol–water partition coefficient (Wildman–Crippen LogP) is 3.77. The third-order valence-electron chi connectivity index (χ3n) is 4.28. The van der Waals surface area contributed by atoms with Gasteiger partial charge in [0.2, 0.25) is 0 Å². The van der Waals surface area contributed by atoms with E-state index < -0.39 is 0 Å². The van der Waals surface area contributed by atoms with Crippen LogP contribution in [-0.2, 0) is 13.0 Å². The van der Waals surface area contributed by atoms with E-state index in [0.29, 0.717) is 5.69 Å². The molecule has 0 radical (unpaired) electrons. The number of hydrogen-bond donors (Lipinski definition) is 1. The van der Waals surface area contributed by atoms with Crippen molar-refractivity contribution in [1.82, 2.24) is 15.1 Å². The van der Waals surface area contributed by atoms with Crippen LogP contribution >= 0.6 is 0 Å². The first-order valence-corrected chi connectivity index (χ1v) is 7.32. The molecule has 22 heavy (non-hydrogen) atoms. The van der Waals surface area contributed by atoms with Crippen LogP contribution < -0.4 is 0 Å². The molecule has 0 atom stereocenters. The maximum Gasteiger partial charge on any atom is 0.189 e. The van der Waals surface area contributed by atoms with Crippen LogP contribution in [0.2, 0.25) is 0 Å². The van der Waals surface area contributed by atoms with E-state index >= 15 is 0 Å². The lowest BCUT2D eigenvalue weighted by molar-refractivity contribution is 0.313. The van der Waals surface area contributed by atoms with Crippen molar-refractivity contribution in [3.05, 3.63) is 58.9 Å². The molecule has 0 saturated carbocycles. The molecule has 108 valence electrons. The molecule has 0 fully saturated rings. The standard InChI is InChI=1S/C18H16N4/c1-19-15-5-6-16-17(10-15)20-21-18(16)13-4-3-12-7-8-22(2)11-14(12)9-13/h3-6,9-10H,7-8,11H2,2H3,(H,20,21)/i5D. The normalized spacial score (nSPS) is 15.4. The molecule has 1 aromatic heterocycles. The van der Waals surface area contributed by atoms with Gasteiger partial charge in [0.25, 0.3) is 0 Å². The largest absolute Gasteiger partial charge is 0.302 e. The molecule has 1 aliphatic heterocycles. The van der Waals surface area contributed by atoms with Gasteiger partial charge in [-0.05, 0) is 36.7 Å². The molecular weight excluding hydrogens is 272 g/mol. The minimum Gasteiger partial charge on any atom is -0.302 e. The van der Waals surface area contributed by atoms with Gasteiger partial charge in [-0.15, -0.1) is 0 Å². The Morgan fingerprint density at radius 1 is 1.32 bits per heavy atom. The number of nitrogens with zero attached hydrogens (tertiary/aromatic N) is 3. The number of nitrogens with one attached hydrogen (secondary N) is 1. The Morgan fingerprint density at radius 3 is 3.09 bits per heavy atom. The number of aromatic nitrogens is 2. The molecular formula is C18H16N4. The van der Waals surface area contributed by atoms with Crippen LogP contribution in [-0.4, -0.2) is 28.7 Å². The van der Waals surface area contributed by atoms with Crippen molar-refractivity contribution < 1.29 is 1.37 Å². The average molecular weight is 289 g/mol. The third kappa shape index (κ3) is 2.07.